The molecule has 2 N–H and O–H groups in total. The lowest BCUT2D eigenvalue weighted by Gasteiger charge is -2.29. The normalized spacial score (nSPS) is 14.6. The van der Waals surface area contributed by atoms with Crippen LogP contribution in [0.4, 0.5) is 14.5 Å². The van der Waals surface area contributed by atoms with E-state index in [2.05, 4.69) is 10.2 Å². The second-order valence-corrected chi connectivity index (χ2v) is 4.44. The fraction of sp³-hybridized carbons (Fsp3) is 0.333. The molecule has 7 heteroatoms. The van der Waals surface area contributed by atoms with Gasteiger partial charge in [0.25, 0.3) is 0 Å². The summed E-state index contributed by atoms with van der Waals surface area (Å²) >= 11 is 0. The first kappa shape index (κ1) is 12.0. The minimum absolute atomic E-state index is 0.0165. The average molecular weight is 265 g/mol. The highest BCUT2D eigenvalue weighted by Crippen LogP contribution is 2.26. The van der Waals surface area contributed by atoms with E-state index in [1.54, 1.807) is 17.3 Å². The van der Waals surface area contributed by atoms with E-state index in [0.29, 0.717) is 19.6 Å². The largest absolute Gasteiger partial charge is 0.360 e. The summed E-state index contributed by atoms with van der Waals surface area (Å²) in [5, 5.41) is 7.75. The van der Waals surface area contributed by atoms with Crippen molar-refractivity contribution < 1.29 is 8.78 Å². The number of hydrogen-bond acceptors (Lipinski definition) is 4. The lowest BCUT2D eigenvalue weighted by molar-refractivity contribution is 0.487. The third-order valence-electron chi connectivity index (χ3n) is 3.34. The fourth-order valence-electron chi connectivity index (χ4n) is 2.25. The summed E-state index contributed by atoms with van der Waals surface area (Å²) in [4.78, 5) is 1.75. The predicted molar refractivity (Wildman–Crippen MR) is 65.3 cm³/mol. The maximum atomic E-state index is 14.0. The molecule has 0 unspecified atom stereocenters. The Balaban J connectivity index is 1.94. The summed E-state index contributed by atoms with van der Waals surface area (Å²) < 4.78 is 29.7. The van der Waals surface area contributed by atoms with Crippen molar-refractivity contribution in [2.45, 2.75) is 19.6 Å². The Hall–Kier alpha value is -2.02. The molecule has 100 valence electrons. The smallest absolute Gasteiger partial charge is 0.182 e. The Kier molecular flexibility index (Phi) is 2.90. The second kappa shape index (κ2) is 4.58. The Morgan fingerprint density at radius 3 is 2.84 bits per heavy atom. The molecule has 1 aliphatic rings. The number of nitrogens with zero attached hydrogens (tertiary/aromatic N) is 4. The summed E-state index contributed by atoms with van der Waals surface area (Å²) in [6, 6.07) is 3.08. The third-order valence-corrected chi connectivity index (χ3v) is 3.34. The Labute approximate surface area is 108 Å². The number of nitrogens with two attached hydrogens (primary N) is 1. The Bertz CT molecular complexity index is 610. The molecular weight excluding hydrogens is 252 g/mol. The molecule has 2 heterocycles. The molecule has 1 aliphatic heterocycles. The van der Waals surface area contributed by atoms with Crippen molar-refractivity contribution in [3.63, 3.8) is 0 Å². The lowest BCUT2D eigenvalue weighted by atomic mass is 10.1. The summed E-state index contributed by atoms with van der Waals surface area (Å²) in [5.41, 5.74) is 5.78. The second-order valence-electron chi connectivity index (χ2n) is 4.44. The van der Waals surface area contributed by atoms with E-state index in [4.69, 9.17) is 5.73 Å². The third kappa shape index (κ3) is 1.95. The van der Waals surface area contributed by atoms with Gasteiger partial charge in [-0.2, -0.15) is 0 Å². The van der Waals surface area contributed by atoms with Crippen molar-refractivity contribution in [1.29, 1.82) is 0 Å². The van der Waals surface area contributed by atoms with Gasteiger partial charge in [0, 0.05) is 25.2 Å². The maximum absolute atomic E-state index is 14.0. The molecule has 0 bridgehead atoms. The van der Waals surface area contributed by atoms with Gasteiger partial charge < -0.3 is 15.2 Å². The summed E-state index contributed by atoms with van der Waals surface area (Å²) in [6.45, 7) is 1.64. The molecule has 1 aromatic heterocycles. The molecule has 19 heavy (non-hydrogen) atoms. The number of halogens is 2. The van der Waals surface area contributed by atoms with Gasteiger partial charge in [-0.3, -0.25) is 0 Å². The number of hydrogen-bond donors (Lipinski definition) is 1. The van der Waals surface area contributed by atoms with Crippen molar-refractivity contribution in [3.8, 4) is 0 Å². The van der Waals surface area contributed by atoms with Crippen molar-refractivity contribution in [1.82, 2.24) is 14.8 Å². The quantitative estimate of drug-likeness (QED) is 0.881. The molecule has 2 aromatic rings. The van der Waals surface area contributed by atoms with E-state index >= 15 is 0 Å². The van der Waals surface area contributed by atoms with Crippen LogP contribution in [-0.2, 0) is 19.6 Å². The van der Waals surface area contributed by atoms with E-state index in [1.165, 1.54) is 6.07 Å². The number of benzene rings is 1. The molecule has 3 rings (SSSR count). The monoisotopic (exact) mass is 265 g/mol. The van der Waals surface area contributed by atoms with E-state index in [1.807, 2.05) is 4.57 Å². The van der Waals surface area contributed by atoms with Crippen LogP contribution in [0.2, 0.25) is 0 Å². The van der Waals surface area contributed by atoms with Gasteiger partial charge in [-0.15, -0.1) is 10.2 Å². The van der Waals surface area contributed by atoms with Gasteiger partial charge in [-0.25, -0.2) is 8.78 Å². The molecule has 0 amide bonds. The first-order chi connectivity index (χ1) is 9.20. The average Bonchev–Trinajstić information content (AvgIpc) is 2.89. The Morgan fingerprint density at radius 1 is 1.21 bits per heavy atom. The van der Waals surface area contributed by atoms with Crippen molar-refractivity contribution in [2.75, 3.05) is 11.4 Å². The number of rotatable bonds is 2. The lowest BCUT2D eigenvalue weighted by Crippen LogP contribution is -2.34. The van der Waals surface area contributed by atoms with E-state index in [-0.39, 0.29) is 17.8 Å². The molecule has 0 radical (unpaired) electrons. The van der Waals surface area contributed by atoms with Crippen LogP contribution in [0, 0.1) is 11.6 Å². The van der Waals surface area contributed by atoms with Crippen LogP contribution in [0.1, 0.15) is 11.4 Å². The highest BCUT2D eigenvalue weighted by atomic mass is 19.2. The van der Waals surface area contributed by atoms with Crippen LogP contribution >= 0.6 is 0 Å². The van der Waals surface area contributed by atoms with Gasteiger partial charge in [-0.1, -0.05) is 6.07 Å². The van der Waals surface area contributed by atoms with Crippen LogP contribution in [0.3, 0.4) is 0 Å². The van der Waals surface area contributed by atoms with E-state index in [9.17, 15) is 8.78 Å². The molecule has 0 saturated heterocycles. The van der Waals surface area contributed by atoms with Crippen LogP contribution in [-0.4, -0.2) is 21.3 Å². The zero-order valence-electron chi connectivity index (χ0n) is 10.2. The minimum Gasteiger partial charge on any atom is -0.360 e. The van der Waals surface area contributed by atoms with Crippen molar-refractivity contribution >= 4 is 5.69 Å². The van der Waals surface area contributed by atoms with Gasteiger partial charge in [0.15, 0.2) is 17.5 Å². The molecule has 0 atom stereocenters. The molecule has 1 aromatic carbocycles. The van der Waals surface area contributed by atoms with Gasteiger partial charge in [0.2, 0.25) is 0 Å². The summed E-state index contributed by atoms with van der Waals surface area (Å²) in [6.07, 6.45) is 1.64. The van der Waals surface area contributed by atoms with E-state index in [0.717, 1.165) is 5.82 Å². The predicted octanol–water partition coefficient (Wildman–Crippen LogP) is 1.04. The summed E-state index contributed by atoms with van der Waals surface area (Å²) in [7, 11) is 0. The highest BCUT2D eigenvalue weighted by Gasteiger charge is 2.22. The fourth-order valence-corrected chi connectivity index (χ4v) is 2.25. The van der Waals surface area contributed by atoms with Gasteiger partial charge in [0.05, 0.1) is 12.2 Å². The zero-order chi connectivity index (χ0) is 13.4. The zero-order valence-corrected chi connectivity index (χ0v) is 10.2. The van der Waals surface area contributed by atoms with Crippen LogP contribution in [0.15, 0.2) is 18.5 Å². The number of anilines is 1. The van der Waals surface area contributed by atoms with Crippen molar-refractivity contribution in [2.24, 2.45) is 5.73 Å². The van der Waals surface area contributed by atoms with Crippen molar-refractivity contribution in [3.05, 3.63) is 41.5 Å². The first-order valence-electron chi connectivity index (χ1n) is 5.99. The van der Waals surface area contributed by atoms with Crippen LogP contribution in [0.25, 0.3) is 0 Å². The molecule has 0 saturated carbocycles. The molecule has 5 nitrogen and oxygen atoms in total. The van der Waals surface area contributed by atoms with Crippen LogP contribution in [0.5, 0.6) is 0 Å². The number of aromatic nitrogens is 3. The molecular formula is C12H13F2N5. The van der Waals surface area contributed by atoms with E-state index < -0.39 is 11.6 Å². The van der Waals surface area contributed by atoms with Gasteiger partial charge >= 0.3 is 0 Å². The molecule has 0 fully saturated rings. The Morgan fingerprint density at radius 2 is 2.05 bits per heavy atom. The molecule has 0 spiro atoms. The standard InChI is InChI=1S/C12H13F2N5/c13-11-8(5-15)1-2-9(12(11)14)18-3-4-19-7-16-17-10(19)6-18/h1-2,7H,3-6,15H2. The topological polar surface area (TPSA) is 60.0 Å². The van der Waals surface area contributed by atoms with Gasteiger partial charge in [-0.05, 0) is 6.07 Å². The first-order valence-corrected chi connectivity index (χ1v) is 5.99. The van der Waals surface area contributed by atoms with Gasteiger partial charge in [0.1, 0.15) is 6.33 Å². The summed E-state index contributed by atoms with van der Waals surface area (Å²) in [5.74, 6) is -0.975. The minimum atomic E-state index is -0.868. The van der Waals surface area contributed by atoms with Crippen LogP contribution < -0.4 is 10.6 Å². The SMILES string of the molecule is NCc1ccc(N2CCn3cnnc3C2)c(F)c1F. The highest BCUT2D eigenvalue weighted by molar-refractivity contribution is 5.50. The molecule has 0 aliphatic carbocycles. The maximum Gasteiger partial charge on any atom is 0.182 e. The number of fused-ring (bicyclic) bond motifs is 1.